The molecule has 0 saturated heterocycles. The molecule has 0 aliphatic heterocycles. The molecule has 88 valence electrons. The molecule has 17 heavy (non-hydrogen) atoms. The van der Waals surface area contributed by atoms with Crippen LogP contribution >= 0.6 is 0 Å². The van der Waals surface area contributed by atoms with E-state index in [1.165, 1.54) is 18.4 Å². The average molecular weight is 238 g/mol. The van der Waals surface area contributed by atoms with Crippen molar-refractivity contribution < 1.29 is 17.6 Å². The summed E-state index contributed by atoms with van der Waals surface area (Å²) in [6, 6.07) is 8.23. The van der Waals surface area contributed by atoms with Gasteiger partial charge in [-0.3, -0.25) is 0 Å². The van der Waals surface area contributed by atoms with Crippen molar-refractivity contribution in [3.05, 3.63) is 66.1 Å². The van der Waals surface area contributed by atoms with Gasteiger partial charge in [0.25, 0.3) is 0 Å². The van der Waals surface area contributed by atoms with Crippen molar-refractivity contribution in [1.29, 1.82) is 0 Å². The minimum Gasteiger partial charge on any atom is -0.464 e. The quantitative estimate of drug-likeness (QED) is 0.757. The molecule has 0 fully saturated rings. The zero-order valence-electron chi connectivity index (χ0n) is 8.79. The molecule has 1 nitrogen and oxygen atoms in total. The van der Waals surface area contributed by atoms with Gasteiger partial charge in [0.2, 0.25) is 0 Å². The fraction of sp³-hybridized carbons (Fsp3) is 0.0769. The number of hydrogen-bond acceptors (Lipinski definition) is 1. The third-order valence-corrected chi connectivity index (χ3v) is 2.38. The molecule has 0 atom stereocenters. The smallest absolute Gasteiger partial charge is 0.416 e. The molecule has 1 aromatic carbocycles. The molecule has 1 heterocycles. The van der Waals surface area contributed by atoms with Gasteiger partial charge in [0.15, 0.2) is 0 Å². The molecule has 2 aromatic rings. The molecule has 4 heteroatoms. The Hall–Kier alpha value is -1.97. The fourth-order valence-electron chi connectivity index (χ4n) is 1.45. The summed E-state index contributed by atoms with van der Waals surface area (Å²) in [6.45, 7) is 3.78. The zero-order valence-corrected chi connectivity index (χ0v) is 8.79. The SMILES string of the molecule is C=C(c1ccc(C(F)(F)F)cc1)c1ccco1. The van der Waals surface area contributed by atoms with E-state index in [0.29, 0.717) is 16.9 Å². The lowest BCUT2D eigenvalue weighted by molar-refractivity contribution is -0.137. The van der Waals surface area contributed by atoms with Crippen LogP contribution in [-0.2, 0) is 6.18 Å². The van der Waals surface area contributed by atoms with Crippen LogP contribution in [0.4, 0.5) is 13.2 Å². The van der Waals surface area contributed by atoms with E-state index in [-0.39, 0.29) is 0 Å². The number of rotatable bonds is 2. The van der Waals surface area contributed by atoms with Gasteiger partial charge in [-0.05, 0) is 29.8 Å². The minimum atomic E-state index is -4.31. The van der Waals surface area contributed by atoms with Gasteiger partial charge in [-0.1, -0.05) is 18.7 Å². The Morgan fingerprint density at radius 3 is 2.18 bits per heavy atom. The average Bonchev–Trinajstić information content (AvgIpc) is 2.80. The van der Waals surface area contributed by atoms with Gasteiger partial charge >= 0.3 is 6.18 Å². The fourth-order valence-corrected chi connectivity index (χ4v) is 1.45. The van der Waals surface area contributed by atoms with Gasteiger partial charge in [0, 0.05) is 5.57 Å². The topological polar surface area (TPSA) is 13.1 Å². The molecule has 0 unspecified atom stereocenters. The van der Waals surface area contributed by atoms with E-state index < -0.39 is 11.7 Å². The molecule has 2 rings (SSSR count). The maximum atomic E-state index is 12.4. The lowest BCUT2D eigenvalue weighted by atomic mass is 10.0. The van der Waals surface area contributed by atoms with E-state index in [1.807, 2.05) is 0 Å². The first kappa shape index (κ1) is 11.5. The summed E-state index contributed by atoms with van der Waals surface area (Å²) in [5, 5.41) is 0. The van der Waals surface area contributed by atoms with Gasteiger partial charge in [0.1, 0.15) is 5.76 Å². The lowest BCUT2D eigenvalue weighted by Crippen LogP contribution is -2.04. The van der Waals surface area contributed by atoms with Crippen LogP contribution < -0.4 is 0 Å². The second-order valence-electron chi connectivity index (χ2n) is 3.53. The predicted octanol–water partition coefficient (Wildman–Crippen LogP) is 4.36. The van der Waals surface area contributed by atoms with E-state index in [1.54, 1.807) is 12.1 Å². The Labute approximate surface area is 96.2 Å². The highest BCUT2D eigenvalue weighted by atomic mass is 19.4. The number of hydrogen-bond donors (Lipinski definition) is 0. The Balaban J connectivity index is 2.28. The van der Waals surface area contributed by atoms with E-state index in [2.05, 4.69) is 6.58 Å². The van der Waals surface area contributed by atoms with Crippen LogP contribution in [0.1, 0.15) is 16.9 Å². The van der Waals surface area contributed by atoms with Gasteiger partial charge in [0.05, 0.1) is 11.8 Å². The number of halogens is 3. The van der Waals surface area contributed by atoms with Crippen molar-refractivity contribution in [1.82, 2.24) is 0 Å². The maximum absolute atomic E-state index is 12.4. The van der Waals surface area contributed by atoms with Crippen molar-refractivity contribution in [2.75, 3.05) is 0 Å². The van der Waals surface area contributed by atoms with E-state index in [4.69, 9.17) is 4.42 Å². The van der Waals surface area contributed by atoms with Crippen LogP contribution in [0.5, 0.6) is 0 Å². The first-order valence-corrected chi connectivity index (χ1v) is 4.89. The lowest BCUT2D eigenvalue weighted by Gasteiger charge is -2.08. The van der Waals surface area contributed by atoms with Crippen LogP contribution in [0.15, 0.2) is 53.7 Å². The third-order valence-electron chi connectivity index (χ3n) is 2.38. The van der Waals surface area contributed by atoms with Crippen LogP contribution in [0.25, 0.3) is 5.57 Å². The van der Waals surface area contributed by atoms with Crippen molar-refractivity contribution >= 4 is 5.57 Å². The molecule has 0 aliphatic carbocycles. The summed E-state index contributed by atoms with van der Waals surface area (Å²) in [6.07, 6.45) is -2.82. The van der Waals surface area contributed by atoms with Crippen LogP contribution in [0, 0.1) is 0 Å². The van der Waals surface area contributed by atoms with Crippen LogP contribution in [0.2, 0.25) is 0 Å². The summed E-state index contributed by atoms with van der Waals surface area (Å²) in [7, 11) is 0. The van der Waals surface area contributed by atoms with Gasteiger partial charge < -0.3 is 4.42 Å². The third kappa shape index (κ3) is 2.41. The Morgan fingerprint density at radius 2 is 1.71 bits per heavy atom. The summed E-state index contributed by atoms with van der Waals surface area (Å²) >= 11 is 0. The van der Waals surface area contributed by atoms with E-state index in [9.17, 15) is 13.2 Å². The molecule has 0 N–H and O–H groups in total. The number of furan rings is 1. The second-order valence-corrected chi connectivity index (χ2v) is 3.53. The minimum absolute atomic E-state index is 0.546. The molecule has 0 spiro atoms. The molecule has 0 aliphatic rings. The normalized spacial score (nSPS) is 11.5. The summed E-state index contributed by atoms with van der Waals surface area (Å²) < 4.78 is 42.2. The van der Waals surface area contributed by atoms with Crippen LogP contribution in [-0.4, -0.2) is 0 Å². The largest absolute Gasteiger partial charge is 0.464 e. The van der Waals surface area contributed by atoms with Gasteiger partial charge in [-0.2, -0.15) is 13.2 Å². The van der Waals surface area contributed by atoms with Crippen molar-refractivity contribution in [3.63, 3.8) is 0 Å². The standard InChI is InChI=1S/C13H9F3O/c1-9(12-3-2-8-17-12)10-4-6-11(7-5-10)13(14,15)16/h2-8H,1H2. The Morgan fingerprint density at radius 1 is 1.06 bits per heavy atom. The summed E-state index contributed by atoms with van der Waals surface area (Å²) in [4.78, 5) is 0. The monoisotopic (exact) mass is 238 g/mol. The highest BCUT2D eigenvalue weighted by Crippen LogP contribution is 2.30. The zero-order chi connectivity index (χ0) is 12.5. The summed E-state index contributed by atoms with van der Waals surface area (Å²) in [5.41, 5.74) is 0.491. The molecular formula is C13H9F3O. The molecule has 1 aromatic heterocycles. The number of alkyl halides is 3. The summed E-state index contributed by atoms with van der Waals surface area (Å²) in [5.74, 6) is 0.546. The molecule has 0 amide bonds. The van der Waals surface area contributed by atoms with E-state index in [0.717, 1.165) is 12.1 Å². The second kappa shape index (κ2) is 4.13. The highest BCUT2D eigenvalue weighted by molar-refractivity contribution is 5.75. The first-order chi connectivity index (χ1) is 7.98. The maximum Gasteiger partial charge on any atom is 0.416 e. The number of benzene rings is 1. The Bertz CT molecular complexity index is 507. The Kier molecular flexibility index (Phi) is 2.79. The van der Waals surface area contributed by atoms with Gasteiger partial charge in [-0.25, -0.2) is 0 Å². The van der Waals surface area contributed by atoms with E-state index >= 15 is 0 Å². The molecule has 0 bridgehead atoms. The first-order valence-electron chi connectivity index (χ1n) is 4.89. The van der Waals surface area contributed by atoms with Crippen molar-refractivity contribution in [3.8, 4) is 0 Å². The molecular weight excluding hydrogens is 229 g/mol. The molecule has 0 radical (unpaired) electrons. The van der Waals surface area contributed by atoms with Crippen molar-refractivity contribution in [2.24, 2.45) is 0 Å². The predicted molar refractivity (Wildman–Crippen MR) is 58.3 cm³/mol. The molecule has 0 saturated carbocycles. The van der Waals surface area contributed by atoms with Crippen molar-refractivity contribution in [2.45, 2.75) is 6.18 Å². The van der Waals surface area contributed by atoms with Gasteiger partial charge in [-0.15, -0.1) is 0 Å². The highest BCUT2D eigenvalue weighted by Gasteiger charge is 2.30. The van der Waals surface area contributed by atoms with Crippen LogP contribution in [0.3, 0.4) is 0 Å².